The van der Waals surface area contributed by atoms with Crippen LogP contribution in [-0.2, 0) is 0 Å². The summed E-state index contributed by atoms with van der Waals surface area (Å²) in [5.41, 5.74) is 19.5. The van der Waals surface area contributed by atoms with E-state index in [0.717, 1.165) is 139 Å². The van der Waals surface area contributed by atoms with E-state index < -0.39 is 0 Å². The van der Waals surface area contributed by atoms with Crippen LogP contribution in [0.5, 0.6) is 0 Å². The number of rotatable bonds is 0. The SMILES string of the molecule is CC.CC.CC.CC.CC.CC.CC.CC.CC.CC.Cc1cc2ccccc2cn1.Cc1cc2ccncc2cn1.Cc1cc2cnccc2cn1.Cc1ccc2ccncc2n1.Cc1ccc2cnccc2n1.Cc1ccc2ncccc2n1.Cc1ccc2nccnc2c1.Cc1ccc2ncncc2c1.Cc1cnc2ccccc2n1.Cc1ncc2ccccc2n1. The van der Waals surface area contributed by atoms with Crippen molar-refractivity contribution in [1.82, 2.24) is 94.7 Å². The van der Waals surface area contributed by atoms with E-state index in [1.165, 1.54) is 27.3 Å². The van der Waals surface area contributed by atoms with E-state index in [1.54, 1.807) is 62.1 Å². The van der Waals surface area contributed by atoms with Crippen LogP contribution >= 0.6 is 0 Å². The van der Waals surface area contributed by atoms with Gasteiger partial charge in [-0.1, -0.05) is 217 Å². The van der Waals surface area contributed by atoms with Crippen molar-refractivity contribution < 1.29 is 0 Å². The molecule has 680 valence electrons. The fraction of sp³-hybridized carbons (Fsp3) is 0.270. The first-order valence-electron chi connectivity index (χ1n) is 45.5. The summed E-state index contributed by atoms with van der Waals surface area (Å²) in [6.07, 6.45) is 32.2. The van der Waals surface area contributed by atoms with Crippen LogP contribution in [0.1, 0.15) is 195 Å². The lowest BCUT2D eigenvalue weighted by molar-refractivity contribution is 1.09. The molecule has 15 aromatic heterocycles. The minimum Gasteiger partial charge on any atom is -0.264 e. The monoisotopic (exact) mass is 1740 g/mol. The minimum atomic E-state index is 0.823. The lowest BCUT2D eigenvalue weighted by atomic mass is 10.1. The summed E-state index contributed by atoms with van der Waals surface area (Å²) >= 11 is 0. The summed E-state index contributed by atoms with van der Waals surface area (Å²) < 4.78 is 0. The van der Waals surface area contributed by atoms with Crippen molar-refractivity contribution in [3.8, 4) is 0 Å². The van der Waals surface area contributed by atoms with E-state index >= 15 is 0 Å². The van der Waals surface area contributed by atoms with E-state index in [4.69, 9.17) is 0 Å². The van der Waals surface area contributed by atoms with Crippen molar-refractivity contribution >= 4 is 109 Å². The molecule has 0 bridgehead atoms. The van der Waals surface area contributed by atoms with E-state index in [9.17, 15) is 0 Å². The van der Waals surface area contributed by atoms with Crippen LogP contribution in [-0.4, -0.2) is 94.7 Å². The van der Waals surface area contributed by atoms with E-state index in [1.807, 2.05) is 408 Å². The molecule has 0 amide bonds. The van der Waals surface area contributed by atoms with Gasteiger partial charge in [-0.2, -0.15) is 0 Å². The number of hydrogen-bond acceptors (Lipinski definition) is 19. The predicted molar refractivity (Wildman–Crippen MR) is 558 cm³/mol. The standard InChI is InChI=1S/C10H9N.9C9H8N2.10C2H6/c1-8-6-9-4-2-3-5-10(9)7-11-8;1-7-4-9-5-10-3-2-8(9)6-11-7;1-7-4-8-2-3-10-5-9(8)6-11-7;1-7-2-3-9-8(4-7)5-10-6-11-9;1-7-2-3-8-6-10-5-4-9(8)11-7;1-7-2-3-8-4-5-10-6-9(8)11-7;1-7-2-3-8-9(6-7)11-5-4-10-8;1-7-4-5-8-9(11-7)3-2-6-10-8;1-7-10-6-8-4-2-3-5-9(8)11-7;1-7-6-10-8-4-2-3-5-9(8)11-7;10*1-2/h2-7H,1H3;9*2-6H,1H3;10*1-2H3. The van der Waals surface area contributed by atoms with Crippen molar-refractivity contribution in [2.24, 2.45) is 0 Å². The average molecular weight is 1740 g/mol. The first-order chi connectivity index (χ1) is 63.6. The van der Waals surface area contributed by atoms with E-state index in [-0.39, 0.29) is 0 Å². The van der Waals surface area contributed by atoms with Crippen LogP contribution in [0, 0.1) is 69.2 Å². The fourth-order valence-corrected chi connectivity index (χ4v) is 10.9. The summed E-state index contributed by atoms with van der Waals surface area (Å²) in [7, 11) is 0. The van der Waals surface area contributed by atoms with E-state index in [0.29, 0.717) is 0 Å². The molecular formula is C111H141N19. The van der Waals surface area contributed by atoms with Gasteiger partial charge in [0.2, 0.25) is 0 Å². The number of nitrogens with zero attached hydrogens (tertiary/aromatic N) is 19. The van der Waals surface area contributed by atoms with Crippen LogP contribution in [0.25, 0.3) is 109 Å². The predicted octanol–water partition coefficient (Wildman–Crippen LogP) is 30.2. The molecule has 0 saturated heterocycles. The van der Waals surface area contributed by atoms with Crippen molar-refractivity contribution in [3.05, 3.63) is 369 Å². The molecule has 20 rings (SSSR count). The first kappa shape index (κ1) is 114. The molecule has 19 nitrogen and oxygen atoms in total. The summed E-state index contributed by atoms with van der Waals surface area (Å²) in [5, 5.41) is 11.5. The third kappa shape index (κ3) is 41.9. The molecule has 20 aromatic rings. The summed E-state index contributed by atoms with van der Waals surface area (Å²) in [6, 6.07) is 66.2. The van der Waals surface area contributed by atoms with E-state index in [2.05, 4.69) is 144 Å². The molecule has 0 aliphatic heterocycles. The van der Waals surface area contributed by atoms with Crippen LogP contribution in [0.2, 0.25) is 0 Å². The molecule has 19 heteroatoms. The molecule has 130 heavy (non-hydrogen) atoms. The largest absolute Gasteiger partial charge is 0.264 e. The number of pyridine rings is 11. The molecule has 0 unspecified atom stereocenters. The molecule has 0 radical (unpaired) electrons. The van der Waals surface area contributed by atoms with Crippen LogP contribution in [0.3, 0.4) is 0 Å². The average Bonchev–Trinajstić information content (AvgIpc) is 0.929. The highest BCUT2D eigenvalue weighted by Crippen LogP contribution is 2.18. The van der Waals surface area contributed by atoms with Crippen LogP contribution in [0.4, 0.5) is 0 Å². The van der Waals surface area contributed by atoms with Crippen LogP contribution < -0.4 is 0 Å². The van der Waals surface area contributed by atoms with Crippen molar-refractivity contribution in [2.45, 2.75) is 208 Å². The molecular weight excluding hydrogens is 1600 g/mol. The van der Waals surface area contributed by atoms with Crippen LogP contribution in [0.15, 0.2) is 312 Å². The Kier molecular flexibility index (Phi) is 61.1. The molecule has 0 N–H and O–H groups in total. The Labute approximate surface area is 775 Å². The molecule has 15 heterocycles. The zero-order valence-corrected chi connectivity index (χ0v) is 82.9. The van der Waals surface area contributed by atoms with Gasteiger partial charge in [-0.15, -0.1) is 0 Å². The number of para-hydroxylation sites is 3. The Balaban J connectivity index is 0.000000706. The molecule has 0 spiro atoms. The van der Waals surface area contributed by atoms with Gasteiger partial charge in [0, 0.05) is 176 Å². The summed E-state index contributed by atoms with van der Waals surface area (Å²) in [5.74, 6) is 0.823. The number of aromatic nitrogens is 19. The highest BCUT2D eigenvalue weighted by atomic mass is 14.9. The smallest absolute Gasteiger partial charge is 0.125 e. The van der Waals surface area contributed by atoms with Crippen molar-refractivity contribution in [2.75, 3.05) is 0 Å². The number of aryl methyl sites for hydroxylation is 10. The Morgan fingerprint density at radius 2 is 0.523 bits per heavy atom. The van der Waals surface area contributed by atoms with Gasteiger partial charge in [-0.3, -0.25) is 69.8 Å². The van der Waals surface area contributed by atoms with Gasteiger partial charge in [0.05, 0.1) is 67.1 Å². The molecule has 0 fully saturated rings. The quantitative estimate of drug-likeness (QED) is 0.137. The highest BCUT2D eigenvalue weighted by Gasteiger charge is 2.01. The maximum atomic E-state index is 4.34. The number of benzene rings is 5. The third-order valence-corrected chi connectivity index (χ3v) is 16.4. The normalized spacial score (nSPS) is 9.15. The van der Waals surface area contributed by atoms with Gasteiger partial charge in [-0.05, 0) is 213 Å². The molecule has 0 saturated carbocycles. The second-order valence-corrected chi connectivity index (χ2v) is 25.4. The Morgan fingerprint density at radius 1 is 0.154 bits per heavy atom. The maximum Gasteiger partial charge on any atom is 0.125 e. The zero-order chi connectivity index (χ0) is 96.8. The fourth-order valence-electron chi connectivity index (χ4n) is 10.9. The van der Waals surface area contributed by atoms with Gasteiger partial charge in [0.25, 0.3) is 0 Å². The lowest BCUT2D eigenvalue weighted by Crippen LogP contribution is -1.86. The molecule has 0 aliphatic carbocycles. The summed E-state index contributed by atoms with van der Waals surface area (Å²) in [6.45, 7) is 59.9. The molecule has 0 aliphatic rings. The Morgan fingerprint density at radius 3 is 1.14 bits per heavy atom. The van der Waals surface area contributed by atoms with Gasteiger partial charge in [0.15, 0.2) is 0 Å². The first-order valence-corrected chi connectivity index (χ1v) is 45.5. The Hall–Kier alpha value is -14.3. The minimum absolute atomic E-state index is 0.823. The number of fused-ring (bicyclic) bond motifs is 10. The van der Waals surface area contributed by atoms with Crippen molar-refractivity contribution in [3.63, 3.8) is 0 Å². The summed E-state index contributed by atoms with van der Waals surface area (Å²) in [4.78, 5) is 79.0. The van der Waals surface area contributed by atoms with Gasteiger partial charge in [0.1, 0.15) is 12.2 Å². The maximum absolute atomic E-state index is 4.34. The molecule has 0 atom stereocenters. The highest BCUT2D eigenvalue weighted by molar-refractivity contribution is 5.84. The zero-order valence-electron chi connectivity index (χ0n) is 82.9. The van der Waals surface area contributed by atoms with Gasteiger partial charge >= 0.3 is 0 Å². The van der Waals surface area contributed by atoms with Gasteiger partial charge in [-0.25, -0.2) is 24.9 Å². The topological polar surface area (TPSA) is 245 Å². The van der Waals surface area contributed by atoms with Gasteiger partial charge < -0.3 is 0 Å². The lowest BCUT2D eigenvalue weighted by Gasteiger charge is -1.96. The molecule has 5 aromatic carbocycles. The number of hydrogen-bond donors (Lipinski definition) is 0. The second-order valence-electron chi connectivity index (χ2n) is 25.4. The Bertz CT molecular complexity index is 5110. The van der Waals surface area contributed by atoms with Crippen molar-refractivity contribution in [1.29, 1.82) is 0 Å². The second kappa shape index (κ2) is 69.8. The third-order valence-electron chi connectivity index (χ3n) is 16.4.